The molecule has 132 valence electrons. The lowest BCUT2D eigenvalue weighted by Gasteiger charge is -2.29. The minimum absolute atomic E-state index is 0.131. The number of aromatic amines is 1. The first-order chi connectivity index (χ1) is 12.6. The third kappa shape index (κ3) is 3.46. The lowest BCUT2D eigenvalue weighted by Crippen LogP contribution is -2.62. The minimum Gasteiger partial charge on any atom is -0.361 e. The number of amides is 2. The SMILES string of the molecule is O=C1N[C@@H](Cc2c[nH]c3ccccc23)C(=O)N[C@H]1Cc1ccc(I)cc1. The zero-order chi connectivity index (χ0) is 18.1. The molecular weight excluding hydrogens is 441 g/mol. The van der Waals surface area contributed by atoms with Crippen LogP contribution in [0, 0.1) is 3.57 Å². The van der Waals surface area contributed by atoms with Crippen molar-refractivity contribution in [3.05, 3.63) is 69.4 Å². The van der Waals surface area contributed by atoms with Crippen LogP contribution in [0.2, 0.25) is 0 Å². The van der Waals surface area contributed by atoms with Crippen LogP contribution in [-0.4, -0.2) is 28.9 Å². The average molecular weight is 459 g/mol. The third-order valence-electron chi connectivity index (χ3n) is 4.72. The molecule has 4 rings (SSSR count). The Hall–Kier alpha value is -2.35. The summed E-state index contributed by atoms with van der Waals surface area (Å²) in [5.74, 6) is -0.265. The number of nitrogens with one attached hydrogen (secondary N) is 3. The Morgan fingerprint density at radius 3 is 2.23 bits per heavy atom. The molecule has 1 aliphatic rings. The van der Waals surface area contributed by atoms with Crippen molar-refractivity contribution in [3.8, 4) is 0 Å². The van der Waals surface area contributed by atoms with Gasteiger partial charge in [-0.25, -0.2) is 0 Å². The number of halogens is 1. The topological polar surface area (TPSA) is 74.0 Å². The molecule has 0 bridgehead atoms. The van der Waals surface area contributed by atoms with Crippen molar-refractivity contribution in [1.82, 2.24) is 15.6 Å². The third-order valence-corrected chi connectivity index (χ3v) is 5.44. The second kappa shape index (κ2) is 7.11. The predicted molar refractivity (Wildman–Crippen MR) is 109 cm³/mol. The first kappa shape index (κ1) is 17.1. The number of H-pyrrole nitrogens is 1. The number of fused-ring (bicyclic) bond motifs is 1. The quantitative estimate of drug-likeness (QED) is 0.525. The van der Waals surface area contributed by atoms with Crippen LogP contribution in [0.4, 0.5) is 0 Å². The van der Waals surface area contributed by atoms with Gasteiger partial charge in [0.15, 0.2) is 0 Å². The van der Waals surface area contributed by atoms with E-state index in [2.05, 4.69) is 38.2 Å². The molecule has 0 radical (unpaired) electrons. The maximum absolute atomic E-state index is 12.5. The Kier molecular flexibility index (Phi) is 4.67. The smallest absolute Gasteiger partial charge is 0.243 e. The zero-order valence-electron chi connectivity index (χ0n) is 14.0. The van der Waals surface area contributed by atoms with Crippen LogP contribution in [0.1, 0.15) is 11.1 Å². The molecular formula is C20H18IN3O2. The van der Waals surface area contributed by atoms with E-state index in [1.807, 2.05) is 54.7 Å². The average Bonchev–Trinajstić information content (AvgIpc) is 3.04. The molecule has 6 heteroatoms. The largest absolute Gasteiger partial charge is 0.361 e. The van der Waals surface area contributed by atoms with Crippen molar-refractivity contribution in [1.29, 1.82) is 0 Å². The van der Waals surface area contributed by atoms with Gasteiger partial charge < -0.3 is 15.6 Å². The highest BCUT2D eigenvalue weighted by Gasteiger charge is 2.33. The van der Waals surface area contributed by atoms with Crippen LogP contribution in [0.15, 0.2) is 54.7 Å². The van der Waals surface area contributed by atoms with Crippen LogP contribution in [0.25, 0.3) is 10.9 Å². The van der Waals surface area contributed by atoms with Crippen molar-refractivity contribution in [2.45, 2.75) is 24.9 Å². The van der Waals surface area contributed by atoms with E-state index < -0.39 is 12.1 Å². The first-order valence-corrected chi connectivity index (χ1v) is 9.58. The number of benzene rings is 2. The van der Waals surface area contributed by atoms with Gasteiger partial charge in [0.25, 0.3) is 0 Å². The van der Waals surface area contributed by atoms with Gasteiger partial charge in [-0.1, -0.05) is 30.3 Å². The fraction of sp³-hybridized carbons (Fsp3) is 0.200. The number of rotatable bonds is 4. The van der Waals surface area contributed by atoms with Gasteiger partial charge in [-0.2, -0.15) is 0 Å². The number of carbonyl (C=O) groups excluding carboxylic acids is 2. The highest BCUT2D eigenvalue weighted by molar-refractivity contribution is 14.1. The van der Waals surface area contributed by atoms with Crippen molar-refractivity contribution >= 4 is 45.3 Å². The molecule has 2 heterocycles. The molecule has 26 heavy (non-hydrogen) atoms. The summed E-state index contributed by atoms with van der Waals surface area (Å²) < 4.78 is 1.14. The van der Waals surface area contributed by atoms with E-state index in [9.17, 15) is 9.59 Å². The fourth-order valence-electron chi connectivity index (χ4n) is 3.34. The normalized spacial score (nSPS) is 20.0. The highest BCUT2D eigenvalue weighted by atomic mass is 127. The molecule has 5 nitrogen and oxygen atoms in total. The number of hydrogen-bond acceptors (Lipinski definition) is 2. The summed E-state index contributed by atoms with van der Waals surface area (Å²) >= 11 is 2.24. The number of hydrogen-bond donors (Lipinski definition) is 3. The summed E-state index contributed by atoms with van der Waals surface area (Å²) in [6.45, 7) is 0. The zero-order valence-corrected chi connectivity index (χ0v) is 16.1. The van der Waals surface area contributed by atoms with Crippen molar-refractivity contribution in [3.63, 3.8) is 0 Å². The van der Waals surface area contributed by atoms with E-state index in [1.54, 1.807) is 0 Å². The van der Waals surface area contributed by atoms with E-state index in [4.69, 9.17) is 0 Å². The minimum atomic E-state index is -0.547. The summed E-state index contributed by atoms with van der Waals surface area (Å²) in [4.78, 5) is 28.2. The van der Waals surface area contributed by atoms with Crippen molar-refractivity contribution in [2.75, 3.05) is 0 Å². The second-order valence-corrected chi connectivity index (χ2v) is 7.76. The van der Waals surface area contributed by atoms with E-state index in [0.717, 1.165) is 25.6 Å². The maximum Gasteiger partial charge on any atom is 0.243 e. The van der Waals surface area contributed by atoms with E-state index in [0.29, 0.717) is 12.8 Å². The number of para-hydroxylation sites is 1. The number of carbonyl (C=O) groups is 2. The van der Waals surface area contributed by atoms with Crippen molar-refractivity contribution in [2.24, 2.45) is 0 Å². The van der Waals surface area contributed by atoms with Crippen molar-refractivity contribution < 1.29 is 9.59 Å². The van der Waals surface area contributed by atoms with Gasteiger partial charge in [0, 0.05) is 33.5 Å². The van der Waals surface area contributed by atoms with Gasteiger partial charge in [0.1, 0.15) is 12.1 Å². The number of piperazine rings is 1. The Labute approximate surface area is 164 Å². The lowest BCUT2D eigenvalue weighted by atomic mass is 9.98. The van der Waals surface area contributed by atoms with Gasteiger partial charge in [0.2, 0.25) is 11.8 Å². The molecule has 0 unspecified atom stereocenters. The van der Waals surface area contributed by atoms with Crippen LogP contribution in [-0.2, 0) is 22.4 Å². The molecule has 2 aromatic carbocycles. The molecule has 2 atom stereocenters. The van der Waals surface area contributed by atoms with E-state index in [1.165, 1.54) is 0 Å². The Morgan fingerprint density at radius 2 is 1.50 bits per heavy atom. The van der Waals surface area contributed by atoms with Crippen LogP contribution < -0.4 is 10.6 Å². The first-order valence-electron chi connectivity index (χ1n) is 8.50. The van der Waals surface area contributed by atoms with Gasteiger partial charge in [-0.15, -0.1) is 0 Å². The fourth-order valence-corrected chi connectivity index (χ4v) is 3.70. The molecule has 3 aromatic rings. The molecule has 0 aliphatic carbocycles. The summed E-state index contributed by atoms with van der Waals surface area (Å²) in [6.07, 6.45) is 2.87. The van der Waals surface area contributed by atoms with Crippen LogP contribution in [0.5, 0.6) is 0 Å². The second-order valence-electron chi connectivity index (χ2n) is 6.52. The van der Waals surface area contributed by atoms with Gasteiger partial charge >= 0.3 is 0 Å². The summed E-state index contributed by atoms with van der Waals surface area (Å²) in [7, 11) is 0. The predicted octanol–water partition coefficient (Wildman–Crippen LogP) is 2.54. The molecule has 1 fully saturated rings. The van der Waals surface area contributed by atoms with Gasteiger partial charge in [-0.05, 0) is 51.9 Å². The lowest BCUT2D eigenvalue weighted by molar-refractivity contribution is -0.136. The molecule has 1 aliphatic heterocycles. The van der Waals surface area contributed by atoms with Crippen LogP contribution in [0.3, 0.4) is 0 Å². The standard InChI is InChI=1S/C20H18IN3O2/c21-14-7-5-12(6-8-14)9-17-19(25)24-18(20(26)23-17)10-13-11-22-16-4-2-1-3-15(13)16/h1-8,11,17-18,22H,9-10H2,(H,23,26)(H,24,25)/t17-,18-/m0/s1. The Bertz CT molecular complexity index is 965. The molecule has 2 amide bonds. The monoisotopic (exact) mass is 459 g/mol. The summed E-state index contributed by atoms with van der Waals surface area (Å²) in [5, 5.41) is 6.84. The highest BCUT2D eigenvalue weighted by Crippen LogP contribution is 2.20. The van der Waals surface area contributed by atoms with E-state index >= 15 is 0 Å². The Balaban J connectivity index is 1.45. The molecule has 1 aromatic heterocycles. The number of aromatic nitrogens is 1. The molecule has 0 spiro atoms. The van der Waals surface area contributed by atoms with Gasteiger partial charge in [0.05, 0.1) is 0 Å². The van der Waals surface area contributed by atoms with Crippen LogP contribution >= 0.6 is 22.6 Å². The molecule has 1 saturated heterocycles. The van der Waals surface area contributed by atoms with E-state index in [-0.39, 0.29) is 11.8 Å². The van der Waals surface area contributed by atoms with Gasteiger partial charge in [-0.3, -0.25) is 9.59 Å². The Morgan fingerprint density at radius 1 is 0.846 bits per heavy atom. The maximum atomic E-state index is 12.5. The molecule has 3 N–H and O–H groups in total. The summed E-state index contributed by atoms with van der Waals surface area (Å²) in [6, 6.07) is 14.8. The summed E-state index contributed by atoms with van der Waals surface area (Å²) in [5.41, 5.74) is 3.08. The molecule has 0 saturated carbocycles.